The molecule has 0 bridgehead atoms. The average Bonchev–Trinajstić information content (AvgIpc) is 3.84. The van der Waals surface area contributed by atoms with Gasteiger partial charge < -0.3 is 0 Å². The lowest BCUT2D eigenvalue weighted by Crippen LogP contribution is -2.00. The third-order valence-corrected chi connectivity index (χ3v) is 12.1. The minimum Gasteiger partial charge on any atom is -0.208 e. The number of nitrogens with zero attached hydrogens (tertiary/aromatic N) is 3. The Morgan fingerprint density at radius 1 is 0.304 bits per heavy atom. The summed E-state index contributed by atoms with van der Waals surface area (Å²) >= 11 is 1.84. The second kappa shape index (κ2) is 13.4. The maximum absolute atomic E-state index is 5.22. The van der Waals surface area contributed by atoms with E-state index in [9.17, 15) is 0 Å². The molecule has 0 unspecified atom stereocenters. The smallest absolute Gasteiger partial charge is 0.164 e. The molecule has 0 amide bonds. The molecule has 3 nitrogen and oxygen atoms in total. The zero-order valence-corrected chi connectivity index (χ0v) is 31.2. The highest BCUT2D eigenvalue weighted by atomic mass is 32.1. The van der Waals surface area contributed by atoms with E-state index < -0.39 is 0 Å². The summed E-state index contributed by atoms with van der Waals surface area (Å²) in [5.74, 6) is 1.92. The van der Waals surface area contributed by atoms with Crippen molar-refractivity contribution in [2.75, 3.05) is 0 Å². The van der Waals surface area contributed by atoms with E-state index in [0.29, 0.717) is 17.5 Å². The van der Waals surface area contributed by atoms with Crippen LogP contribution in [0.2, 0.25) is 0 Å². The monoisotopic (exact) mass is 731 g/mol. The van der Waals surface area contributed by atoms with E-state index in [1.807, 2.05) is 35.6 Å². The first kappa shape index (κ1) is 32.4. The third-order valence-electron chi connectivity index (χ3n) is 11.0. The lowest BCUT2D eigenvalue weighted by molar-refractivity contribution is 1.07. The van der Waals surface area contributed by atoms with Crippen molar-refractivity contribution in [1.29, 1.82) is 0 Å². The molecule has 0 N–H and O–H groups in total. The van der Waals surface area contributed by atoms with Crippen LogP contribution in [0.5, 0.6) is 0 Å². The van der Waals surface area contributed by atoms with Crippen LogP contribution in [0, 0.1) is 0 Å². The normalized spacial score (nSPS) is 11.9. The van der Waals surface area contributed by atoms with Crippen molar-refractivity contribution in [3.8, 4) is 78.7 Å². The number of rotatable bonds is 6. The first-order valence-electron chi connectivity index (χ1n) is 19.0. The van der Waals surface area contributed by atoms with Crippen molar-refractivity contribution in [3.63, 3.8) is 0 Å². The molecule has 10 aromatic rings. The summed E-state index contributed by atoms with van der Waals surface area (Å²) in [4.78, 5) is 15.5. The first-order valence-corrected chi connectivity index (χ1v) is 19.8. The number of thiophene rings is 1. The van der Waals surface area contributed by atoms with Crippen molar-refractivity contribution in [2.45, 2.75) is 6.42 Å². The van der Waals surface area contributed by atoms with Crippen LogP contribution in [-0.2, 0) is 6.42 Å². The molecule has 0 spiro atoms. The van der Waals surface area contributed by atoms with E-state index in [1.54, 1.807) is 0 Å². The van der Waals surface area contributed by atoms with Crippen molar-refractivity contribution in [3.05, 3.63) is 199 Å². The summed E-state index contributed by atoms with van der Waals surface area (Å²) in [7, 11) is 0. The van der Waals surface area contributed by atoms with Gasteiger partial charge in [-0.05, 0) is 105 Å². The maximum Gasteiger partial charge on any atom is 0.164 e. The van der Waals surface area contributed by atoms with Gasteiger partial charge in [-0.25, -0.2) is 15.0 Å². The van der Waals surface area contributed by atoms with E-state index in [-0.39, 0.29) is 0 Å². The molecule has 0 fully saturated rings. The lowest BCUT2D eigenvalue weighted by atomic mass is 9.93. The number of benzene rings is 8. The number of hydrogen-bond donors (Lipinski definition) is 0. The van der Waals surface area contributed by atoms with Gasteiger partial charge in [-0.3, -0.25) is 0 Å². The van der Waals surface area contributed by atoms with Crippen molar-refractivity contribution >= 4 is 31.5 Å². The van der Waals surface area contributed by atoms with E-state index in [1.165, 1.54) is 53.6 Å². The molecule has 56 heavy (non-hydrogen) atoms. The Kier molecular flexibility index (Phi) is 7.75. The first-order chi connectivity index (χ1) is 27.7. The molecule has 0 saturated carbocycles. The molecule has 0 aliphatic heterocycles. The second-order valence-electron chi connectivity index (χ2n) is 14.4. The second-order valence-corrected chi connectivity index (χ2v) is 15.5. The van der Waals surface area contributed by atoms with Crippen LogP contribution in [0.3, 0.4) is 0 Å². The summed E-state index contributed by atoms with van der Waals surface area (Å²) in [5, 5.41) is 2.56. The van der Waals surface area contributed by atoms with Crippen LogP contribution in [0.15, 0.2) is 188 Å². The van der Waals surface area contributed by atoms with E-state index in [0.717, 1.165) is 45.4 Å². The lowest BCUT2D eigenvalue weighted by Gasteiger charge is -2.14. The molecule has 0 radical (unpaired) electrons. The molecule has 0 saturated heterocycles. The molecule has 1 aliphatic carbocycles. The average molecular weight is 732 g/mol. The standard InChI is InChI=1S/C52H33N3S/c1-3-11-33(12-4-1)34-19-21-36(22-20-34)51-53-50(35-13-5-2-6-14-35)54-52(55-51)43-29-41(37-23-24-40-27-39-15-7-8-16-44(39)46(40)31-37)28-42(30-43)38-25-26-49-47(32-38)45-17-9-10-18-48(45)56-49/h1-26,28-32H,27H2. The fourth-order valence-electron chi connectivity index (χ4n) is 8.09. The highest BCUT2D eigenvalue weighted by molar-refractivity contribution is 7.25. The molecule has 11 rings (SSSR count). The summed E-state index contributed by atoms with van der Waals surface area (Å²) in [6.07, 6.45) is 0.966. The zero-order valence-electron chi connectivity index (χ0n) is 30.4. The van der Waals surface area contributed by atoms with Crippen molar-refractivity contribution in [2.24, 2.45) is 0 Å². The predicted octanol–water partition coefficient (Wildman–Crippen LogP) is 13.8. The zero-order chi connectivity index (χ0) is 37.0. The Balaban J connectivity index is 1.10. The SMILES string of the molecule is c1ccc(-c2ccc(-c3nc(-c4ccccc4)nc(-c4cc(-c5ccc6c(c5)-c5ccccc5C6)cc(-c5ccc6sc7ccccc7c6c5)c4)n3)cc2)cc1. The summed E-state index contributed by atoms with van der Waals surface area (Å²) < 4.78 is 2.59. The van der Waals surface area contributed by atoms with Gasteiger partial charge in [-0.15, -0.1) is 11.3 Å². The van der Waals surface area contributed by atoms with Gasteiger partial charge >= 0.3 is 0 Å². The number of fused-ring (bicyclic) bond motifs is 6. The minimum absolute atomic E-state index is 0.637. The van der Waals surface area contributed by atoms with Gasteiger partial charge in [-0.1, -0.05) is 146 Å². The third kappa shape index (κ3) is 5.79. The summed E-state index contributed by atoms with van der Waals surface area (Å²) in [6.45, 7) is 0. The van der Waals surface area contributed by atoms with Crippen LogP contribution < -0.4 is 0 Å². The van der Waals surface area contributed by atoms with Gasteiger partial charge in [0.2, 0.25) is 0 Å². The molecule has 0 atom stereocenters. The van der Waals surface area contributed by atoms with Crippen LogP contribution in [0.1, 0.15) is 11.1 Å². The van der Waals surface area contributed by atoms with E-state index in [4.69, 9.17) is 15.0 Å². The van der Waals surface area contributed by atoms with Crippen LogP contribution in [0.4, 0.5) is 0 Å². The molecule has 2 aromatic heterocycles. The summed E-state index contributed by atoms with van der Waals surface area (Å²) in [6, 6.07) is 67.2. The van der Waals surface area contributed by atoms with Crippen molar-refractivity contribution in [1.82, 2.24) is 15.0 Å². The van der Waals surface area contributed by atoms with Crippen LogP contribution in [0.25, 0.3) is 98.8 Å². The van der Waals surface area contributed by atoms with Gasteiger partial charge in [-0.2, -0.15) is 0 Å². The highest BCUT2D eigenvalue weighted by Crippen LogP contribution is 2.42. The summed E-state index contributed by atoms with van der Waals surface area (Å²) in [5.41, 5.74) is 15.1. The topological polar surface area (TPSA) is 38.7 Å². The van der Waals surface area contributed by atoms with Gasteiger partial charge in [0.1, 0.15) is 0 Å². The van der Waals surface area contributed by atoms with Gasteiger partial charge in [0, 0.05) is 36.9 Å². The minimum atomic E-state index is 0.637. The Morgan fingerprint density at radius 3 is 1.57 bits per heavy atom. The van der Waals surface area contributed by atoms with E-state index >= 15 is 0 Å². The molecular formula is C52H33N3S. The molecule has 1 aliphatic rings. The van der Waals surface area contributed by atoms with Gasteiger partial charge in [0.05, 0.1) is 0 Å². The van der Waals surface area contributed by atoms with Gasteiger partial charge in [0.15, 0.2) is 17.5 Å². The predicted molar refractivity (Wildman–Crippen MR) is 234 cm³/mol. The largest absolute Gasteiger partial charge is 0.208 e. The Labute approximate surface area is 329 Å². The Hall–Kier alpha value is -7.01. The molecular weight excluding hydrogens is 699 g/mol. The molecule has 2 heterocycles. The quantitative estimate of drug-likeness (QED) is 0.171. The molecule has 4 heteroatoms. The van der Waals surface area contributed by atoms with E-state index in [2.05, 4.69) is 164 Å². The fraction of sp³-hybridized carbons (Fsp3) is 0.0192. The van der Waals surface area contributed by atoms with Crippen LogP contribution >= 0.6 is 11.3 Å². The van der Waals surface area contributed by atoms with Crippen molar-refractivity contribution < 1.29 is 0 Å². The van der Waals surface area contributed by atoms with Gasteiger partial charge in [0.25, 0.3) is 0 Å². The maximum atomic E-state index is 5.22. The Bertz CT molecular complexity index is 3090. The number of aromatic nitrogens is 3. The molecule has 8 aromatic carbocycles. The van der Waals surface area contributed by atoms with Crippen LogP contribution in [-0.4, -0.2) is 15.0 Å². The Morgan fingerprint density at radius 2 is 0.804 bits per heavy atom. The fourth-order valence-corrected chi connectivity index (χ4v) is 9.18. The molecule has 262 valence electrons. The highest BCUT2D eigenvalue weighted by Gasteiger charge is 2.20. The number of hydrogen-bond acceptors (Lipinski definition) is 4.